The number of aliphatic carboxylic acids is 1. The van der Waals surface area contributed by atoms with Crippen molar-refractivity contribution in [3.8, 4) is 0 Å². The van der Waals surface area contributed by atoms with Gasteiger partial charge in [0.2, 0.25) is 0 Å². The molecule has 0 bridgehead atoms. The predicted molar refractivity (Wildman–Crippen MR) is 88.6 cm³/mol. The van der Waals surface area contributed by atoms with Gasteiger partial charge in [-0.3, -0.25) is 4.79 Å². The molecule has 5 nitrogen and oxygen atoms in total. The number of carboxylic acids is 1. The Hall–Kier alpha value is -0.920. The third-order valence-electron chi connectivity index (χ3n) is 2.97. The lowest BCUT2D eigenvalue weighted by molar-refractivity contribution is -0.133. The van der Waals surface area contributed by atoms with Gasteiger partial charge in [-0.15, -0.1) is 0 Å². The van der Waals surface area contributed by atoms with Crippen LogP contribution in [0, 0.1) is 0 Å². The maximum absolute atomic E-state index is 10.8. The molecule has 2 rings (SSSR count). The van der Waals surface area contributed by atoms with Crippen LogP contribution >= 0.6 is 35.1 Å². The van der Waals surface area contributed by atoms with Gasteiger partial charge in [-0.25, -0.2) is 9.97 Å². The number of hydrogen-bond acceptors (Lipinski definition) is 5. The summed E-state index contributed by atoms with van der Waals surface area (Å²) in [5.74, 6) is 0.144. The highest BCUT2D eigenvalue weighted by atomic mass is 35.5. The molecule has 1 unspecified atom stereocenters. The number of hydrogen-bond donors (Lipinski definition) is 1. The first-order chi connectivity index (χ1) is 10.0. The van der Waals surface area contributed by atoms with Gasteiger partial charge in [0.1, 0.15) is 5.52 Å². The summed E-state index contributed by atoms with van der Waals surface area (Å²) in [6.45, 7) is 2.10. The molecule has 2 heterocycles. The summed E-state index contributed by atoms with van der Waals surface area (Å²) >= 11 is 8.95. The highest BCUT2D eigenvalue weighted by molar-refractivity contribution is 7.99. The zero-order valence-electron chi connectivity index (χ0n) is 11.7. The Morgan fingerprint density at radius 2 is 2.33 bits per heavy atom. The molecule has 21 heavy (non-hydrogen) atoms. The fourth-order valence-electron chi connectivity index (χ4n) is 1.98. The zero-order chi connectivity index (χ0) is 15.4. The molecule has 0 saturated carbocycles. The number of thioether (sulfide) groups is 2. The van der Waals surface area contributed by atoms with E-state index in [2.05, 4.69) is 23.1 Å². The molecule has 114 valence electrons. The van der Waals surface area contributed by atoms with Gasteiger partial charge >= 0.3 is 5.97 Å². The van der Waals surface area contributed by atoms with Crippen LogP contribution in [0.5, 0.6) is 0 Å². The van der Waals surface area contributed by atoms with E-state index in [1.54, 1.807) is 24.0 Å². The van der Waals surface area contributed by atoms with Crippen molar-refractivity contribution < 1.29 is 9.90 Å². The summed E-state index contributed by atoms with van der Waals surface area (Å²) in [6.07, 6.45) is 4.63. The van der Waals surface area contributed by atoms with E-state index in [0.29, 0.717) is 15.7 Å². The minimum atomic E-state index is -0.860. The Morgan fingerprint density at radius 3 is 3.00 bits per heavy atom. The molecule has 1 N–H and O–H groups in total. The minimum Gasteiger partial charge on any atom is -0.481 e. The highest BCUT2D eigenvalue weighted by Gasteiger charge is 2.18. The van der Waals surface area contributed by atoms with Crippen molar-refractivity contribution in [3.05, 3.63) is 17.3 Å². The third-order valence-corrected chi connectivity index (χ3v) is 4.76. The van der Waals surface area contributed by atoms with Gasteiger partial charge in [0.15, 0.2) is 10.8 Å². The Morgan fingerprint density at radius 1 is 1.57 bits per heavy atom. The van der Waals surface area contributed by atoms with E-state index in [1.807, 2.05) is 4.57 Å². The lowest BCUT2D eigenvalue weighted by Gasteiger charge is -2.16. The second-order valence-corrected chi connectivity index (χ2v) is 6.94. The Balaban J connectivity index is 2.41. The molecular weight excluding hydrogens is 330 g/mol. The van der Waals surface area contributed by atoms with Crippen molar-refractivity contribution in [3.63, 3.8) is 0 Å². The van der Waals surface area contributed by atoms with E-state index in [-0.39, 0.29) is 11.8 Å². The van der Waals surface area contributed by atoms with Crippen LogP contribution in [0.15, 0.2) is 17.4 Å². The maximum atomic E-state index is 10.8. The number of fused-ring (bicyclic) bond motifs is 1. The quantitative estimate of drug-likeness (QED) is 0.773. The predicted octanol–water partition coefficient (Wildman–Crippen LogP) is 3.58. The first-order valence-corrected chi connectivity index (χ1v) is 9.15. The molecule has 1 atom stereocenters. The van der Waals surface area contributed by atoms with Gasteiger partial charge in [0.25, 0.3) is 0 Å². The van der Waals surface area contributed by atoms with Gasteiger partial charge in [-0.05, 0) is 31.4 Å². The molecule has 0 fully saturated rings. The normalized spacial score (nSPS) is 12.7. The molecule has 2 aromatic heterocycles. The number of carboxylic acid groups (broad SMARTS) is 1. The Labute approximate surface area is 136 Å². The number of halogens is 1. The van der Waals surface area contributed by atoms with Crippen LogP contribution in [0.3, 0.4) is 0 Å². The van der Waals surface area contributed by atoms with E-state index in [4.69, 9.17) is 16.7 Å². The monoisotopic (exact) mass is 345 g/mol. The molecule has 8 heteroatoms. The number of pyridine rings is 1. The van der Waals surface area contributed by atoms with Crippen molar-refractivity contribution in [2.24, 2.45) is 0 Å². The molecule has 0 radical (unpaired) electrons. The molecule has 0 spiro atoms. The molecular formula is C13H16ClN3O2S2. The molecule has 0 aliphatic rings. The Kier molecular flexibility index (Phi) is 5.78. The van der Waals surface area contributed by atoms with E-state index >= 15 is 0 Å². The number of nitrogens with zero attached hydrogens (tertiary/aromatic N) is 3. The fraction of sp³-hybridized carbons (Fsp3) is 0.462. The van der Waals surface area contributed by atoms with Gasteiger partial charge in [-0.2, -0.15) is 11.8 Å². The second-order valence-electron chi connectivity index (χ2n) is 4.57. The summed E-state index contributed by atoms with van der Waals surface area (Å²) in [7, 11) is 0. The number of imidazole rings is 1. The second kappa shape index (κ2) is 7.38. The Bertz CT molecular complexity index is 648. The van der Waals surface area contributed by atoms with Crippen LogP contribution in [0.2, 0.25) is 5.02 Å². The van der Waals surface area contributed by atoms with Crippen molar-refractivity contribution in [1.82, 2.24) is 14.5 Å². The average molecular weight is 346 g/mol. The fourth-order valence-corrected chi connectivity index (χ4v) is 3.53. The van der Waals surface area contributed by atoms with Gasteiger partial charge < -0.3 is 9.67 Å². The lowest BCUT2D eigenvalue weighted by Crippen LogP contribution is -2.09. The average Bonchev–Trinajstić information content (AvgIpc) is 2.79. The summed E-state index contributed by atoms with van der Waals surface area (Å²) in [6, 6.07) is 1.96. The first-order valence-electron chi connectivity index (χ1n) is 6.40. The number of rotatable bonds is 7. The first kappa shape index (κ1) is 16.5. The largest absolute Gasteiger partial charge is 0.481 e. The molecule has 0 aliphatic heterocycles. The van der Waals surface area contributed by atoms with Crippen molar-refractivity contribution in [2.75, 3.05) is 17.8 Å². The summed E-state index contributed by atoms with van der Waals surface area (Å²) in [5.41, 5.74) is 1.45. The smallest absolute Gasteiger partial charge is 0.313 e. The number of carbonyl (C=O) groups is 1. The van der Waals surface area contributed by atoms with Crippen molar-refractivity contribution >= 4 is 52.3 Å². The van der Waals surface area contributed by atoms with Crippen LogP contribution < -0.4 is 0 Å². The standard InChI is InChI=1S/C13H16ClN3O2S2/c1-8(3-4-20-2)17-12-10(5-9(14)6-15-12)16-13(17)21-7-11(18)19/h5-6,8H,3-4,7H2,1-2H3,(H,18,19). The summed E-state index contributed by atoms with van der Waals surface area (Å²) in [4.78, 5) is 19.6. The molecule has 0 aromatic carbocycles. The van der Waals surface area contributed by atoms with Gasteiger partial charge in [0.05, 0.1) is 10.8 Å². The molecule has 2 aromatic rings. The lowest BCUT2D eigenvalue weighted by atomic mass is 10.2. The highest BCUT2D eigenvalue weighted by Crippen LogP contribution is 2.29. The third kappa shape index (κ3) is 4.05. The SMILES string of the molecule is CSCCC(C)n1c(SCC(=O)O)nc2cc(Cl)cnc21. The number of aromatic nitrogens is 3. The molecule has 0 saturated heterocycles. The van der Waals surface area contributed by atoms with Crippen LogP contribution in [0.25, 0.3) is 11.2 Å². The van der Waals surface area contributed by atoms with E-state index in [1.165, 1.54) is 11.8 Å². The van der Waals surface area contributed by atoms with Crippen LogP contribution in [0.1, 0.15) is 19.4 Å². The maximum Gasteiger partial charge on any atom is 0.313 e. The van der Waals surface area contributed by atoms with E-state index in [9.17, 15) is 4.79 Å². The molecule has 0 aliphatic carbocycles. The van der Waals surface area contributed by atoms with Crippen LogP contribution in [-0.4, -0.2) is 43.4 Å². The van der Waals surface area contributed by atoms with Crippen molar-refractivity contribution in [1.29, 1.82) is 0 Å². The van der Waals surface area contributed by atoms with Gasteiger partial charge in [0, 0.05) is 12.2 Å². The van der Waals surface area contributed by atoms with Crippen molar-refractivity contribution in [2.45, 2.75) is 24.5 Å². The van der Waals surface area contributed by atoms with Gasteiger partial charge in [-0.1, -0.05) is 23.4 Å². The molecule has 0 amide bonds. The zero-order valence-corrected chi connectivity index (χ0v) is 14.1. The van der Waals surface area contributed by atoms with E-state index < -0.39 is 5.97 Å². The summed E-state index contributed by atoms with van der Waals surface area (Å²) in [5, 5.41) is 10.1. The topological polar surface area (TPSA) is 68.0 Å². The van der Waals surface area contributed by atoms with E-state index in [0.717, 1.165) is 17.8 Å². The minimum absolute atomic E-state index is 0.0215. The van der Waals surface area contributed by atoms with Crippen LogP contribution in [-0.2, 0) is 4.79 Å². The summed E-state index contributed by atoms with van der Waals surface area (Å²) < 4.78 is 2.01. The van der Waals surface area contributed by atoms with Crippen LogP contribution in [0.4, 0.5) is 0 Å².